The fourth-order valence-electron chi connectivity index (χ4n) is 2.97. The third-order valence-corrected chi connectivity index (χ3v) is 5.68. The van der Waals surface area contributed by atoms with Crippen LogP contribution in [0.2, 0.25) is 10.0 Å². The lowest BCUT2D eigenvalue weighted by Gasteiger charge is -2.09. The van der Waals surface area contributed by atoms with Crippen LogP contribution in [0.15, 0.2) is 41.0 Å². The molecule has 4 rings (SSSR count). The number of carbonyl (C=O) groups excluding carboxylic acids is 1. The molecule has 0 saturated carbocycles. The number of hydrogen-bond acceptors (Lipinski definition) is 4. The van der Waals surface area contributed by atoms with Gasteiger partial charge in [0.2, 0.25) is 0 Å². The molecule has 1 N–H and O–H groups in total. The molecular formula is C19H12BrCl2F3N6O. The molecule has 0 radical (unpaired) electrons. The molecule has 3 heterocycles. The van der Waals surface area contributed by atoms with Crippen LogP contribution in [0.5, 0.6) is 0 Å². The van der Waals surface area contributed by atoms with Crippen LogP contribution in [0.25, 0.3) is 5.65 Å². The highest BCUT2D eigenvalue weighted by molar-refractivity contribution is 9.10. The summed E-state index contributed by atoms with van der Waals surface area (Å²) in [5, 5.41) is 11.4. The Labute approximate surface area is 197 Å². The molecule has 0 saturated heterocycles. The van der Waals surface area contributed by atoms with Crippen LogP contribution in [0.4, 0.5) is 19.0 Å². The van der Waals surface area contributed by atoms with Crippen molar-refractivity contribution in [1.82, 2.24) is 24.4 Å². The van der Waals surface area contributed by atoms with Gasteiger partial charge in [0.1, 0.15) is 5.69 Å². The zero-order chi connectivity index (χ0) is 23.2. The third kappa shape index (κ3) is 4.59. The number of fused-ring (bicyclic) bond motifs is 1. The van der Waals surface area contributed by atoms with Gasteiger partial charge in [-0.05, 0) is 46.6 Å². The minimum atomic E-state index is -4.65. The van der Waals surface area contributed by atoms with Crippen molar-refractivity contribution in [1.29, 1.82) is 0 Å². The van der Waals surface area contributed by atoms with E-state index in [9.17, 15) is 18.0 Å². The predicted molar refractivity (Wildman–Crippen MR) is 116 cm³/mol. The van der Waals surface area contributed by atoms with Crippen molar-refractivity contribution in [2.45, 2.75) is 19.6 Å². The van der Waals surface area contributed by atoms with Gasteiger partial charge in [-0.3, -0.25) is 9.48 Å². The third-order valence-electron chi connectivity index (χ3n) is 4.36. The van der Waals surface area contributed by atoms with Gasteiger partial charge in [0.25, 0.3) is 5.91 Å². The topological polar surface area (TPSA) is 77.1 Å². The van der Waals surface area contributed by atoms with E-state index in [1.807, 2.05) is 0 Å². The van der Waals surface area contributed by atoms with E-state index >= 15 is 0 Å². The van der Waals surface area contributed by atoms with Gasteiger partial charge in [0, 0.05) is 18.0 Å². The molecule has 0 aliphatic rings. The number of alkyl halides is 3. The fraction of sp³-hybridized carbons (Fsp3) is 0.158. The number of benzene rings is 1. The maximum atomic E-state index is 13.3. The SMILES string of the molecule is Cc1cc(C(F)(F)F)n2nc(C(=O)Nc3nn(Cc4ccc(Cl)c(Cl)c4)cc3Br)cc2n1. The Balaban J connectivity index is 1.58. The Morgan fingerprint density at radius 1 is 1.16 bits per heavy atom. The lowest BCUT2D eigenvalue weighted by Crippen LogP contribution is -2.16. The first kappa shape index (κ1) is 22.6. The van der Waals surface area contributed by atoms with Gasteiger partial charge >= 0.3 is 6.18 Å². The summed E-state index contributed by atoms with van der Waals surface area (Å²) in [6, 6.07) is 7.18. The largest absolute Gasteiger partial charge is 0.433 e. The number of halogens is 6. The maximum absolute atomic E-state index is 13.3. The molecule has 0 spiro atoms. The van der Waals surface area contributed by atoms with E-state index in [1.165, 1.54) is 13.0 Å². The zero-order valence-corrected chi connectivity index (χ0v) is 19.2. The first-order valence-corrected chi connectivity index (χ1v) is 10.5. The molecule has 0 aliphatic heterocycles. The Kier molecular flexibility index (Phi) is 5.91. The Hall–Kier alpha value is -2.63. The van der Waals surface area contributed by atoms with Crippen LogP contribution in [0.3, 0.4) is 0 Å². The van der Waals surface area contributed by atoms with Crippen molar-refractivity contribution in [3.63, 3.8) is 0 Å². The van der Waals surface area contributed by atoms with Crippen LogP contribution in [-0.4, -0.2) is 30.3 Å². The number of hydrogen-bond donors (Lipinski definition) is 1. The number of nitrogens with zero attached hydrogens (tertiary/aromatic N) is 5. The lowest BCUT2D eigenvalue weighted by molar-refractivity contribution is -0.142. The smallest absolute Gasteiger partial charge is 0.303 e. The van der Waals surface area contributed by atoms with Gasteiger partial charge < -0.3 is 5.32 Å². The van der Waals surface area contributed by atoms with Crippen LogP contribution in [-0.2, 0) is 12.7 Å². The molecular weight excluding hydrogens is 536 g/mol. The molecule has 7 nitrogen and oxygen atoms in total. The second-order valence-electron chi connectivity index (χ2n) is 6.81. The van der Waals surface area contributed by atoms with E-state index in [0.29, 0.717) is 25.6 Å². The van der Waals surface area contributed by atoms with Crippen molar-refractivity contribution >= 4 is 56.5 Å². The molecule has 0 fully saturated rings. The molecule has 4 aromatic rings. The summed E-state index contributed by atoms with van der Waals surface area (Å²) in [5.41, 5.74) is -0.369. The number of aryl methyl sites for hydroxylation is 1. The van der Waals surface area contributed by atoms with Gasteiger partial charge in [0.15, 0.2) is 17.2 Å². The van der Waals surface area contributed by atoms with E-state index in [1.54, 1.807) is 29.1 Å². The van der Waals surface area contributed by atoms with Crippen LogP contribution in [0, 0.1) is 6.92 Å². The Morgan fingerprint density at radius 2 is 1.91 bits per heavy atom. The monoisotopic (exact) mass is 546 g/mol. The number of nitrogens with one attached hydrogen (secondary N) is 1. The second kappa shape index (κ2) is 8.38. The molecule has 3 aromatic heterocycles. The highest BCUT2D eigenvalue weighted by Gasteiger charge is 2.35. The molecule has 0 aliphatic carbocycles. The number of aromatic nitrogens is 5. The van der Waals surface area contributed by atoms with Crippen molar-refractivity contribution in [3.8, 4) is 0 Å². The van der Waals surface area contributed by atoms with Gasteiger partial charge in [-0.2, -0.15) is 23.4 Å². The summed E-state index contributed by atoms with van der Waals surface area (Å²) >= 11 is 15.2. The van der Waals surface area contributed by atoms with E-state index in [0.717, 1.165) is 11.6 Å². The molecule has 0 bridgehead atoms. The minimum absolute atomic E-state index is 0.0910. The van der Waals surface area contributed by atoms with E-state index in [4.69, 9.17) is 23.2 Å². The minimum Gasteiger partial charge on any atom is -0.303 e. The quantitative estimate of drug-likeness (QED) is 0.359. The number of anilines is 1. The van der Waals surface area contributed by atoms with E-state index < -0.39 is 17.8 Å². The number of rotatable bonds is 4. The number of amides is 1. The first-order valence-electron chi connectivity index (χ1n) is 8.94. The summed E-state index contributed by atoms with van der Waals surface area (Å²) in [6.45, 7) is 1.78. The molecule has 32 heavy (non-hydrogen) atoms. The molecule has 13 heteroatoms. The maximum Gasteiger partial charge on any atom is 0.433 e. The standard InChI is InChI=1S/C19H12BrCl2F3N6O/c1-9-4-15(19(23,24)25)31-16(26-9)6-14(28-31)18(32)27-17-11(20)8-30(29-17)7-10-2-3-12(21)13(22)5-10/h2-6,8H,7H2,1H3,(H,27,29,32). The molecule has 166 valence electrons. The fourth-order valence-corrected chi connectivity index (χ4v) is 3.71. The van der Waals surface area contributed by atoms with Crippen molar-refractivity contribution in [2.24, 2.45) is 0 Å². The highest BCUT2D eigenvalue weighted by atomic mass is 79.9. The summed E-state index contributed by atoms with van der Waals surface area (Å²) < 4.78 is 42.6. The van der Waals surface area contributed by atoms with E-state index in [2.05, 4.69) is 36.4 Å². The van der Waals surface area contributed by atoms with Crippen molar-refractivity contribution in [2.75, 3.05) is 5.32 Å². The lowest BCUT2D eigenvalue weighted by atomic mass is 10.2. The number of carbonyl (C=O) groups is 1. The molecule has 0 atom stereocenters. The second-order valence-corrected chi connectivity index (χ2v) is 8.47. The highest BCUT2D eigenvalue weighted by Crippen LogP contribution is 2.30. The van der Waals surface area contributed by atoms with Crippen LogP contribution in [0.1, 0.15) is 27.4 Å². The Morgan fingerprint density at radius 3 is 2.59 bits per heavy atom. The summed E-state index contributed by atoms with van der Waals surface area (Å²) in [6.07, 6.45) is -3.02. The van der Waals surface area contributed by atoms with Gasteiger partial charge in [0.05, 0.1) is 21.1 Å². The normalized spacial score (nSPS) is 11.8. The first-order chi connectivity index (χ1) is 15.0. The van der Waals surface area contributed by atoms with E-state index in [-0.39, 0.29) is 22.9 Å². The van der Waals surface area contributed by atoms with Crippen molar-refractivity contribution < 1.29 is 18.0 Å². The van der Waals surface area contributed by atoms with Crippen LogP contribution >= 0.6 is 39.1 Å². The molecule has 0 unspecified atom stereocenters. The average Bonchev–Trinajstić information content (AvgIpc) is 3.26. The van der Waals surface area contributed by atoms with Gasteiger partial charge in [-0.1, -0.05) is 29.3 Å². The molecule has 1 amide bonds. The van der Waals surface area contributed by atoms with Crippen LogP contribution < -0.4 is 5.32 Å². The average molecular weight is 548 g/mol. The van der Waals surface area contributed by atoms with Gasteiger partial charge in [-0.15, -0.1) is 0 Å². The zero-order valence-electron chi connectivity index (χ0n) is 16.1. The van der Waals surface area contributed by atoms with Gasteiger partial charge in [-0.25, -0.2) is 9.50 Å². The summed E-state index contributed by atoms with van der Waals surface area (Å²) in [4.78, 5) is 16.6. The molecule has 1 aromatic carbocycles. The van der Waals surface area contributed by atoms with Crippen molar-refractivity contribution in [3.05, 3.63) is 73.7 Å². The summed E-state index contributed by atoms with van der Waals surface area (Å²) in [7, 11) is 0. The summed E-state index contributed by atoms with van der Waals surface area (Å²) in [5.74, 6) is -0.561. The Bertz CT molecular complexity index is 1350. The predicted octanol–water partition coefficient (Wildman–Crippen LogP) is 5.62.